The summed E-state index contributed by atoms with van der Waals surface area (Å²) in [6.45, 7) is 9.55. The number of nitrogens with one attached hydrogen (secondary N) is 1. The third kappa shape index (κ3) is 5.14. The van der Waals surface area contributed by atoms with E-state index in [1.807, 2.05) is 35.0 Å². The Hall–Kier alpha value is -3.56. The number of hydrogen-bond donors (Lipinski definition) is 1. The minimum atomic E-state index is -0.508. The first-order valence-electron chi connectivity index (χ1n) is 12.6. The lowest BCUT2D eigenvalue weighted by molar-refractivity contribution is 0.169. The first-order valence-corrected chi connectivity index (χ1v) is 13.5. The van der Waals surface area contributed by atoms with Crippen LogP contribution in [0.2, 0.25) is 0 Å². The van der Waals surface area contributed by atoms with E-state index < -0.39 is 6.04 Å². The highest BCUT2D eigenvalue weighted by molar-refractivity contribution is 7.09. The molecule has 0 bridgehead atoms. The second-order valence-corrected chi connectivity index (χ2v) is 10.9. The van der Waals surface area contributed by atoms with E-state index in [1.54, 1.807) is 17.6 Å². The Kier molecular flexibility index (Phi) is 7.08. The number of pyridine rings is 1. The van der Waals surface area contributed by atoms with E-state index in [1.165, 1.54) is 10.4 Å². The molecular formula is C28H32N6O2S. The Labute approximate surface area is 219 Å². The number of hydrogen-bond acceptors (Lipinski definition) is 7. The van der Waals surface area contributed by atoms with Crippen LogP contribution < -0.4 is 5.56 Å². The van der Waals surface area contributed by atoms with Crippen LogP contribution >= 0.6 is 11.3 Å². The number of benzene rings is 1. The zero-order valence-corrected chi connectivity index (χ0v) is 22.5. The van der Waals surface area contributed by atoms with Crippen molar-refractivity contribution in [3.05, 3.63) is 98.1 Å². The number of tetrazole rings is 1. The van der Waals surface area contributed by atoms with E-state index in [-0.39, 0.29) is 11.1 Å². The zero-order valence-electron chi connectivity index (χ0n) is 21.6. The van der Waals surface area contributed by atoms with E-state index >= 15 is 0 Å². The topological polar surface area (TPSA) is 92.8 Å². The number of H-pyrrole nitrogens is 1. The van der Waals surface area contributed by atoms with Crippen molar-refractivity contribution in [2.75, 3.05) is 0 Å². The smallest absolute Gasteiger partial charge is 0.253 e. The molecule has 0 amide bonds. The second-order valence-electron chi connectivity index (χ2n) is 9.91. The summed E-state index contributed by atoms with van der Waals surface area (Å²) < 4.78 is 7.62. The number of rotatable bonds is 10. The Morgan fingerprint density at radius 3 is 2.70 bits per heavy atom. The van der Waals surface area contributed by atoms with Crippen LogP contribution in [0.5, 0.6) is 0 Å². The van der Waals surface area contributed by atoms with Crippen LogP contribution in [0, 0.1) is 0 Å². The number of thiophene rings is 1. The van der Waals surface area contributed by atoms with Gasteiger partial charge in [-0.25, -0.2) is 4.68 Å². The predicted octanol–water partition coefficient (Wildman–Crippen LogP) is 5.67. The minimum Gasteiger partial charge on any atom is -0.468 e. The van der Waals surface area contributed by atoms with Crippen molar-refractivity contribution in [2.24, 2.45) is 0 Å². The van der Waals surface area contributed by atoms with Crippen LogP contribution in [0.25, 0.3) is 10.9 Å². The Morgan fingerprint density at radius 2 is 2.00 bits per heavy atom. The van der Waals surface area contributed by atoms with Crippen molar-refractivity contribution in [3.8, 4) is 0 Å². The van der Waals surface area contributed by atoms with Crippen molar-refractivity contribution in [2.45, 2.75) is 65.2 Å². The first kappa shape index (κ1) is 25.1. The molecule has 5 rings (SSSR count). The molecular weight excluding hydrogens is 484 g/mol. The van der Waals surface area contributed by atoms with Gasteiger partial charge in [0.25, 0.3) is 5.56 Å². The van der Waals surface area contributed by atoms with Gasteiger partial charge >= 0.3 is 0 Å². The molecule has 0 fully saturated rings. The molecule has 0 aliphatic heterocycles. The molecule has 1 atom stereocenters. The Morgan fingerprint density at radius 1 is 1.14 bits per heavy atom. The summed E-state index contributed by atoms with van der Waals surface area (Å²) in [6.07, 6.45) is 3.42. The van der Waals surface area contributed by atoms with Gasteiger partial charge in [-0.05, 0) is 89.8 Å². The molecule has 0 aliphatic rings. The van der Waals surface area contributed by atoms with Gasteiger partial charge in [-0.3, -0.25) is 9.69 Å². The number of furan rings is 1. The highest BCUT2D eigenvalue weighted by Gasteiger charge is 2.35. The summed E-state index contributed by atoms with van der Waals surface area (Å²) in [5.41, 5.74) is 2.14. The molecule has 0 radical (unpaired) electrons. The van der Waals surface area contributed by atoms with Crippen molar-refractivity contribution in [3.63, 3.8) is 0 Å². The van der Waals surface area contributed by atoms with Gasteiger partial charge in [0.2, 0.25) is 0 Å². The largest absolute Gasteiger partial charge is 0.468 e. The molecule has 0 spiro atoms. The highest BCUT2D eigenvalue weighted by Crippen LogP contribution is 2.33. The third-order valence-corrected chi connectivity index (χ3v) is 7.92. The van der Waals surface area contributed by atoms with Crippen LogP contribution in [0.15, 0.2) is 69.4 Å². The van der Waals surface area contributed by atoms with Gasteiger partial charge in [0, 0.05) is 22.5 Å². The Bertz CT molecular complexity index is 1480. The summed E-state index contributed by atoms with van der Waals surface area (Å²) in [6, 6.07) is 15.6. The molecule has 4 aromatic heterocycles. The minimum absolute atomic E-state index is 0.152. The normalized spacial score (nSPS) is 13.0. The van der Waals surface area contributed by atoms with Gasteiger partial charge in [0.05, 0.1) is 18.3 Å². The van der Waals surface area contributed by atoms with E-state index in [0.29, 0.717) is 24.5 Å². The van der Waals surface area contributed by atoms with Crippen LogP contribution in [0.3, 0.4) is 0 Å². The third-order valence-electron chi connectivity index (χ3n) is 7.06. The summed E-state index contributed by atoms with van der Waals surface area (Å²) in [5, 5.41) is 16.1. The molecule has 4 heterocycles. The molecule has 0 saturated carbocycles. The number of fused-ring (bicyclic) bond motifs is 1. The summed E-state index contributed by atoms with van der Waals surface area (Å²) in [7, 11) is 0. The highest BCUT2D eigenvalue weighted by atomic mass is 32.1. The van der Waals surface area contributed by atoms with Gasteiger partial charge < -0.3 is 9.40 Å². The summed E-state index contributed by atoms with van der Waals surface area (Å²) in [5.74, 6) is 1.44. The standard InChI is InChI=1S/C28H32N6O2S/c1-5-19-11-12-24-20(15-19)16-23(27(35)29-24)25(26-30-31-32-34(26)28(3,4)6-2)33(17-21-9-7-13-36-21)18-22-10-8-14-37-22/h7-16,25H,5-6,17-18H2,1-4H3,(H,29,35). The number of nitrogens with zero attached hydrogens (tertiary/aromatic N) is 5. The number of aromatic amines is 1. The second kappa shape index (κ2) is 10.4. The zero-order chi connectivity index (χ0) is 26.0. The molecule has 0 aliphatic carbocycles. The number of aryl methyl sites for hydroxylation is 1. The van der Waals surface area contributed by atoms with Crippen molar-refractivity contribution in [1.82, 2.24) is 30.1 Å². The molecule has 0 saturated heterocycles. The van der Waals surface area contributed by atoms with Gasteiger partial charge in [0.15, 0.2) is 5.82 Å². The maximum absolute atomic E-state index is 13.7. The van der Waals surface area contributed by atoms with Gasteiger partial charge in [-0.1, -0.05) is 26.0 Å². The molecule has 37 heavy (non-hydrogen) atoms. The van der Waals surface area contributed by atoms with Gasteiger partial charge in [0.1, 0.15) is 11.8 Å². The average molecular weight is 517 g/mol. The fraction of sp³-hybridized carbons (Fsp3) is 0.357. The molecule has 1 aromatic carbocycles. The quantitative estimate of drug-likeness (QED) is 0.257. The van der Waals surface area contributed by atoms with Gasteiger partial charge in [-0.2, -0.15) is 0 Å². The van der Waals surface area contributed by atoms with Crippen LogP contribution in [-0.4, -0.2) is 30.1 Å². The maximum atomic E-state index is 13.7. The molecule has 9 heteroatoms. The first-order chi connectivity index (χ1) is 17.9. The molecule has 1 unspecified atom stereocenters. The summed E-state index contributed by atoms with van der Waals surface area (Å²) >= 11 is 1.68. The van der Waals surface area contributed by atoms with Crippen molar-refractivity contribution in [1.29, 1.82) is 0 Å². The molecule has 5 aromatic rings. The summed E-state index contributed by atoms with van der Waals surface area (Å²) in [4.78, 5) is 20.2. The fourth-order valence-corrected chi connectivity index (χ4v) is 5.31. The van der Waals surface area contributed by atoms with Crippen LogP contribution in [0.1, 0.15) is 67.7 Å². The lowest BCUT2D eigenvalue weighted by Gasteiger charge is -2.33. The lowest BCUT2D eigenvalue weighted by Crippen LogP contribution is -2.37. The van der Waals surface area contributed by atoms with Crippen LogP contribution in [0.4, 0.5) is 0 Å². The fourth-order valence-electron chi connectivity index (χ4n) is 4.58. The van der Waals surface area contributed by atoms with Crippen molar-refractivity contribution >= 4 is 22.2 Å². The monoisotopic (exact) mass is 516 g/mol. The van der Waals surface area contributed by atoms with E-state index in [9.17, 15) is 4.79 Å². The maximum Gasteiger partial charge on any atom is 0.253 e. The van der Waals surface area contributed by atoms with E-state index in [4.69, 9.17) is 4.42 Å². The SMILES string of the molecule is CCc1ccc2[nH]c(=O)c(C(c3nnnn3C(C)(C)CC)N(Cc3ccco3)Cc3cccs3)cc2c1. The van der Waals surface area contributed by atoms with Crippen molar-refractivity contribution < 1.29 is 4.42 Å². The average Bonchev–Trinajstić information content (AvgIpc) is 3.68. The number of aromatic nitrogens is 5. The van der Waals surface area contributed by atoms with E-state index in [0.717, 1.165) is 29.5 Å². The van der Waals surface area contributed by atoms with Gasteiger partial charge in [-0.15, -0.1) is 16.4 Å². The molecule has 1 N–H and O–H groups in total. The predicted molar refractivity (Wildman–Crippen MR) is 145 cm³/mol. The lowest BCUT2D eigenvalue weighted by atomic mass is 9.98. The van der Waals surface area contributed by atoms with Crippen LogP contribution in [-0.2, 0) is 25.0 Å². The Balaban J connectivity index is 1.73. The van der Waals surface area contributed by atoms with E-state index in [2.05, 4.69) is 76.7 Å². The molecule has 192 valence electrons. The molecule has 8 nitrogen and oxygen atoms in total.